The van der Waals surface area contributed by atoms with Gasteiger partial charge in [0.15, 0.2) is 0 Å². The summed E-state index contributed by atoms with van der Waals surface area (Å²) in [6, 6.07) is 5.37. The van der Waals surface area contributed by atoms with Crippen LogP contribution in [0.25, 0.3) is 0 Å². The van der Waals surface area contributed by atoms with Crippen LogP contribution in [0.3, 0.4) is 0 Å². The Bertz CT molecular complexity index is 801. The monoisotopic (exact) mass is 428 g/mol. The largest absolute Gasteiger partial charge is 0.366 e. The molecule has 0 aliphatic rings. The van der Waals surface area contributed by atoms with Crippen LogP contribution in [0.15, 0.2) is 32.3 Å². The third-order valence-electron chi connectivity index (χ3n) is 2.38. The molecule has 0 saturated carbocycles. The van der Waals surface area contributed by atoms with E-state index in [4.69, 9.17) is 28.9 Å². The Hall–Kier alpha value is -0.800. The van der Waals surface area contributed by atoms with Crippen LogP contribution in [0, 0.1) is 0 Å². The smallest absolute Gasteiger partial charge is 0.271 e. The number of halogens is 3. The third-order valence-corrected chi connectivity index (χ3v) is 7.03. The molecule has 0 spiro atoms. The molecule has 0 aliphatic heterocycles. The number of rotatable bonds is 4. The molecule has 10 heteroatoms. The minimum absolute atomic E-state index is 0.0138. The molecule has 0 aliphatic carbocycles. The van der Waals surface area contributed by atoms with Crippen LogP contribution >= 0.6 is 50.5 Å². The van der Waals surface area contributed by atoms with Gasteiger partial charge >= 0.3 is 0 Å². The van der Waals surface area contributed by atoms with Gasteiger partial charge in [0.05, 0.1) is 19.5 Å². The summed E-state index contributed by atoms with van der Waals surface area (Å²) in [6.07, 6.45) is 0. The summed E-state index contributed by atoms with van der Waals surface area (Å²) in [7, 11) is -3.86. The lowest BCUT2D eigenvalue weighted by Gasteiger charge is -2.09. The highest BCUT2D eigenvalue weighted by molar-refractivity contribution is 9.11. The van der Waals surface area contributed by atoms with Crippen molar-refractivity contribution in [1.82, 2.24) is 0 Å². The molecule has 0 unspecified atom stereocenters. The van der Waals surface area contributed by atoms with Gasteiger partial charge in [-0.2, -0.15) is 0 Å². The maximum atomic E-state index is 12.2. The van der Waals surface area contributed by atoms with Crippen molar-refractivity contribution in [2.75, 3.05) is 4.72 Å². The Morgan fingerprint density at radius 2 is 1.90 bits per heavy atom. The van der Waals surface area contributed by atoms with Gasteiger partial charge < -0.3 is 5.73 Å². The van der Waals surface area contributed by atoms with Gasteiger partial charge in [0.2, 0.25) is 5.91 Å². The summed E-state index contributed by atoms with van der Waals surface area (Å²) in [6.45, 7) is 0. The number of hydrogen-bond donors (Lipinski definition) is 2. The lowest BCUT2D eigenvalue weighted by Crippen LogP contribution is -2.14. The molecule has 1 amide bonds. The van der Waals surface area contributed by atoms with Gasteiger partial charge in [0.1, 0.15) is 4.21 Å². The molecule has 2 aromatic rings. The molecule has 0 bridgehead atoms. The molecule has 1 aromatic carbocycles. The Balaban J connectivity index is 2.41. The second kappa shape index (κ2) is 6.13. The van der Waals surface area contributed by atoms with Gasteiger partial charge in [0, 0.05) is 5.56 Å². The summed E-state index contributed by atoms with van der Waals surface area (Å²) < 4.78 is 27.3. The molecule has 5 nitrogen and oxygen atoms in total. The van der Waals surface area contributed by atoms with Crippen LogP contribution in [-0.4, -0.2) is 14.3 Å². The highest BCUT2D eigenvalue weighted by Gasteiger charge is 2.20. The van der Waals surface area contributed by atoms with Crippen LogP contribution in [-0.2, 0) is 10.0 Å². The molecule has 2 rings (SSSR count). The first-order valence-electron chi connectivity index (χ1n) is 5.27. The summed E-state index contributed by atoms with van der Waals surface area (Å²) in [5.74, 6) is -0.686. The van der Waals surface area contributed by atoms with Crippen LogP contribution in [0.5, 0.6) is 0 Å². The molecule has 0 atom stereocenters. The number of nitrogens with two attached hydrogens (primary N) is 1. The first-order valence-corrected chi connectivity index (χ1v) is 9.12. The fourth-order valence-electron chi connectivity index (χ4n) is 1.41. The standard InChI is InChI=1S/C11H7BrCl2N2O3S2/c12-10-7(14)4-9(20-10)21(18,19)16-8-3-5(11(15)17)1-2-6(8)13/h1-4,16H,(H2,15,17). The highest BCUT2D eigenvalue weighted by atomic mass is 79.9. The molecule has 1 aromatic heterocycles. The van der Waals surface area contributed by atoms with E-state index in [9.17, 15) is 13.2 Å². The first-order chi connectivity index (χ1) is 9.70. The second-order valence-corrected chi connectivity index (χ2v) is 8.95. The number of carbonyl (C=O) groups excluding carboxylic acids is 1. The molecule has 3 N–H and O–H groups in total. The topological polar surface area (TPSA) is 89.3 Å². The van der Waals surface area contributed by atoms with Crippen LogP contribution < -0.4 is 10.5 Å². The Labute approximate surface area is 143 Å². The normalized spacial score (nSPS) is 11.4. The summed E-state index contributed by atoms with van der Waals surface area (Å²) in [5.41, 5.74) is 5.35. The lowest BCUT2D eigenvalue weighted by atomic mass is 10.2. The predicted molar refractivity (Wildman–Crippen MR) is 87.8 cm³/mol. The van der Waals surface area contributed by atoms with Crippen molar-refractivity contribution in [2.24, 2.45) is 5.73 Å². The number of thiophene rings is 1. The molecule has 0 radical (unpaired) electrons. The summed E-state index contributed by atoms with van der Waals surface area (Å²) in [4.78, 5) is 11.1. The quantitative estimate of drug-likeness (QED) is 0.775. The van der Waals surface area contributed by atoms with E-state index in [-0.39, 0.29) is 25.5 Å². The van der Waals surface area contributed by atoms with E-state index in [0.717, 1.165) is 11.3 Å². The van der Waals surface area contributed by atoms with E-state index >= 15 is 0 Å². The Kier molecular flexibility index (Phi) is 4.84. The number of nitrogens with one attached hydrogen (secondary N) is 1. The van der Waals surface area contributed by atoms with Gasteiger partial charge in [-0.05, 0) is 40.2 Å². The average molecular weight is 430 g/mol. The fraction of sp³-hybridized carbons (Fsp3) is 0. The summed E-state index contributed by atoms with van der Waals surface area (Å²) >= 11 is 15.8. The van der Waals surface area contributed by atoms with Crippen molar-refractivity contribution < 1.29 is 13.2 Å². The SMILES string of the molecule is NC(=O)c1ccc(Cl)c(NS(=O)(=O)c2cc(Cl)c(Br)s2)c1. The Morgan fingerprint density at radius 3 is 2.43 bits per heavy atom. The highest BCUT2D eigenvalue weighted by Crippen LogP contribution is 2.36. The zero-order chi connectivity index (χ0) is 15.8. The van der Waals surface area contributed by atoms with Crippen molar-refractivity contribution >= 4 is 72.1 Å². The van der Waals surface area contributed by atoms with Gasteiger partial charge in [-0.3, -0.25) is 9.52 Å². The Morgan fingerprint density at radius 1 is 1.24 bits per heavy atom. The maximum absolute atomic E-state index is 12.2. The third kappa shape index (κ3) is 3.70. The van der Waals surface area contributed by atoms with E-state index in [1.54, 1.807) is 0 Å². The predicted octanol–water partition coefficient (Wildman–Crippen LogP) is 3.72. The zero-order valence-electron chi connectivity index (χ0n) is 10.1. The molecular formula is C11H7BrCl2N2O3S2. The van der Waals surface area contributed by atoms with Gasteiger partial charge in [0.25, 0.3) is 10.0 Å². The van der Waals surface area contributed by atoms with Crippen LogP contribution in [0.2, 0.25) is 10.0 Å². The van der Waals surface area contributed by atoms with E-state index in [1.807, 2.05) is 0 Å². The number of sulfonamides is 1. The van der Waals surface area contributed by atoms with Crippen LogP contribution in [0.4, 0.5) is 5.69 Å². The van der Waals surface area contributed by atoms with Crippen molar-refractivity contribution in [3.63, 3.8) is 0 Å². The van der Waals surface area contributed by atoms with Crippen molar-refractivity contribution in [3.05, 3.63) is 43.7 Å². The van der Waals surface area contributed by atoms with Crippen LogP contribution in [0.1, 0.15) is 10.4 Å². The second-order valence-electron chi connectivity index (χ2n) is 3.85. The maximum Gasteiger partial charge on any atom is 0.271 e. The fourth-order valence-corrected chi connectivity index (χ4v) is 5.10. The molecule has 0 saturated heterocycles. The van der Waals surface area contributed by atoms with Gasteiger partial charge in [-0.25, -0.2) is 8.42 Å². The molecule has 0 fully saturated rings. The minimum atomic E-state index is -3.86. The van der Waals surface area contributed by atoms with E-state index < -0.39 is 15.9 Å². The van der Waals surface area contributed by atoms with Crippen molar-refractivity contribution in [3.8, 4) is 0 Å². The zero-order valence-corrected chi connectivity index (χ0v) is 14.8. The minimum Gasteiger partial charge on any atom is -0.366 e. The van der Waals surface area contributed by atoms with Crippen molar-refractivity contribution in [2.45, 2.75) is 4.21 Å². The number of hydrogen-bond acceptors (Lipinski definition) is 4. The van der Waals surface area contributed by atoms with E-state index in [1.165, 1.54) is 24.3 Å². The summed E-state index contributed by atoms with van der Waals surface area (Å²) in [5, 5.41) is 0.433. The number of carbonyl (C=O) groups is 1. The first kappa shape index (κ1) is 16.6. The molecule has 1 heterocycles. The molecular weight excluding hydrogens is 423 g/mol. The number of primary amides is 1. The number of amides is 1. The van der Waals surface area contributed by atoms with E-state index in [2.05, 4.69) is 20.7 Å². The number of anilines is 1. The van der Waals surface area contributed by atoms with E-state index in [0.29, 0.717) is 3.79 Å². The van der Waals surface area contributed by atoms with Crippen molar-refractivity contribution in [1.29, 1.82) is 0 Å². The van der Waals surface area contributed by atoms with Gasteiger partial charge in [-0.1, -0.05) is 23.2 Å². The molecule has 21 heavy (non-hydrogen) atoms. The van der Waals surface area contributed by atoms with Gasteiger partial charge in [-0.15, -0.1) is 11.3 Å². The average Bonchev–Trinajstić information content (AvgIpc) is 2.73. The molecule has 112 valence electrons. The number of benzene rings is 1. The lowest BCUT2D eigenvalue weighted by molar-refractivity contribution is 0.100.